The van der Waals surface area contributed by atoms with Crippen LogP contribution in [0.15, 0.2) is 35.5 Å². The largest absolute Gasteiger partial charge is 0.381 e. The molecule has 0 fully saturated rings. The zero-order valence-corrected chi connectivity index (χ0v) is 10.8. The van der Waals surface area contributed by atoms with Gasteiger partial charge in [-0.15, -0.1) is 6.42 Å². The molecule has 1 rings (SSSR count). The Balaban J connectivity index is 3.12. The van der Waals surface area contributed by atoms with Crippen molar-refractivity contribution in [2.24, 2.45) is 28.1 Å². The summed E-state index contributed by atoms with van der Waals surface area (Å²) in [7, 11) is 0. The number of hydrogen-bond donors (Lipinski definition) is 4. The lowest BCUT2D eigenvalue weighted by Crippen LogP contribution is -2.39. The standard InChI is InChI=1S/C12H16N6O2/c1-2-8-19-18(12(15)16)10(20-17-11(13)14)9-6-4-3-5-7-9/h1,3-7,10H,8H2,(H7,13,14,15,16,17)/p+1. The van der Waals surface area contributed by atoms with E-state index in [9.17, 15) is 0 Å². The number of rotatable bonds is 6. The summed E-state index contributed by atoms with van der Waals surface area (Å²) in [6.45, 7) is -0.0492. The fraction of sp³-hybridized carbons (Fsp3) is 0.167. The van der Waals surface area contributed by atoms with Crippen LogP contribution < -0.4 is 22.9 Å². The summed E-state index contributed by atoms with van der Waals surface area (Å²) >= 11 is 0. The van der Waals surface area contributed by atoms with E-state index in [1.807, 2.05) is 6.07 Å². The average molecular weight is 277 g/mol. The fourth-order valence-corrected chi connectivity index (χ4v) is 1.35. The van der Waals surface area contributed by atoms with Crippen LogP contribution in [0.3, 0.4) is 0 Å². The van der Waals surface area contributed by atoms with Crippen molar-refractivity contribution in [2.75, 3.05) is 6.61 Å². The lowest BCUT2D eigenvalue weighted by molar-refractivity contribution is -0.840. The molecule has 1 aromatic carbocycles. The van der Waals surface area contributed by atoms with Gasteiger partial charge in [0.05, 0.1) is 0 Å². The first-order valence-electron chi connectivity index (χ1n) is 5.59. The maximum atomic E-state index is 5.56. The molecule has 0 amide bonds. The molecule has 0 bridgehead atoms. The quantitative estimate of drug-likeness (QED) is 0.128. The summed E-state index contributed by atoms with van der Waals surface area (Å²) < 4.78 is 1.08. The van der Waals surface area contributed by atoms with Gasteiger partial charge in [0, 0.05) is 5.56 Å². The number of guanidine groups is 2. The Morgan fingerprint density at radius 2 is 1.90 bits per heavy atom. The summed E-state index contributed by atoms with van der Waals surface area (Å²) in [5.74, 6) is 1.89. The predicted molar refractivity (Wildman–Crippen MR) is 74.5 cm³/mol. The maximum absolute atomic E-state index is 5.56. The Labute approximate surface area is 116 Å². The molecule has 106 valence electrons. The van der Waals surface area contributed by atoms with Crippen LogP contribution >= 0.6 is 0 Å². The van der Waals surface area contributed by atoms with E-state index in [-0.39, 0.29) is 18.5 Å². The first kappa shape index (κ1) is 15.0. The Hall–Kier alpha value is -3.08. The Morgan fingerprint density at radius 3 is 2.40 bits per heavy atom. The Morgan fingerprint density at radius 1 is 1.25 bits per heavy atom. The third kappa shape index (κ3) is 4.30. The summed E-state index contributed by atoms with van der Waals surface area (Å²) in [5.41, 5.74) is 22.3. The van der Waals surface area contributed by atoms with Gasteiger partial charge in [-0.1, -0.05) is 36.3 Å². The van der Waals surface area contributed by atoms with Crippen molar-refractivity contribution in [3.63, 3.8) is 0 Å². The highest BCUT2D eigenvalue weighted by atomic mass is 16.7. The minimum atomic E-state index is -0.878. The third-order valence-corrected chi connectivity index (χ3v) is 2.10. The second-order valence-electron chi connectivity index (χ2n) is 3.61. The third-order valence-electron chi connectivity index (χ3n) is 2.10. The van der Waals surface area contributed by atoms with Crippen LogP contribution in [-0.4, -0.2) is 23.3 Å². The minimum Gasteiger partial charge on any atom is -0.367 e. The van der Waals surface area contributed by atoms with Gasteiger partial charge in [0.1, 0.15) is 0 Å². The smallest absolute Gasteiger partial charge is 0.367 e. The number of nitrogens with two attached hydrogens (primary N) is 4. The van der Waals surface area contributed by atoms with Crippen LogP contribution in [0.25, 0.3) is 0 Å². The molecular weight excluding hydrogens is 260 g/mol. The number of benzene rings is 1. The lowest BCUT2D eigenvalue weighted by atomic mass is 10.2. The molecule has 8 N–H and O–H groups in total. The number of hydrogen-bond acceptors (Lipinski definition) is 3. The van der Waals surface area contributed by atoms with Crippen molar-refractivity contribution in [1.29, 1.82) is 0 Å². The molecule has 1 aromatic rings. The monoisotopic (exact) mass is 277 g/mol. The molecule has 0 aliphatic rings. The average Bonchev–Trinajstić information content (AvgIpc) is 2.42. The van der Waals surface area contributed by atoms with Crippen LogP contribution in [0, 0.1) is 12.3 Å². The highest BCUT2D eigenvalue weighted by Crippen LogP contribution is 2.19. The van der Waals surface area contributed by atoms with Gasteiger partial charge in [0.15, 0.2) is 6.61 Å². The van der Waals surface area contributed by atoms with Gasteiger partial charge in [0.2, 0.25) is 5.96 Å². The van der Waals surface area contributed by atoms with Gasteiger partial charge >= 0.3 is 12.2 Å². The van der Waals surface area contributed by atoms with Gasteiger partial charge in [-0.3, -0.25) is 11.5 Å². The van der Waals surface area contributed by atoms with Gasteiger partial charge in [0.25, 0.3) is 0 Å². The zero-order chi connectivity index (χ0) is 15.0. The lowest BCUT2D eigenvalue weighted by Gasteiger charge is -2.17. The highest BCUT2D eigenvalue weighted by Gasteiger charge is 2.24. The van der Waals surface area contributed by atoms with Crippen molar-refractivity contribution in [3.05, 3.63) is 35.9 Å². The van der Waals surface area contributed by atoms with E-state index in [1.54, 1.807) is 24.3 Å². The number of oxime groups is 1. The molecule has 0 aromatic heterocycles. The molecule has 1 unspecified atom stereocenters. The van der Waals surface area contributed by atoms with E-state index in [1.165, 1.54) is 0 Å². The molecule has 1 atom stereocenters. The molecule has 0 spiro atoms. The minimum absolute atomic E-state index is 0.0492. The maximum Gasteiger partial charge on any atom is 0.381 e. The molecular formula is C12H17N6O2+. The second kappa shape index (κ2) is 7.38. The van der Waals surface area contributed by atoms with Crippen molar-refractivity contribution >= 4 is 11.9 Å². The highest BCUT2D eigenvalue weighted by molar-refractivity contribution is 5.75. The molecule has 0 saturated carbocycles. The normalized spacial score (nSPS) is 10.8. The SMILES string of the molecule is C#CCO[N+](=C(N)N)C(ON=C(N)N)c1ccccc1. The van der Waals surface area contributed by atoms with Gasteiger partial charge in [-0.2, -0.15) is 0 Å². The first-order valence-corrected chi connectivity index (χ1v) is 5.59. The zero-order valence-electron chi connectivity index (χ0n) is 10.8. The molecule has 8 nitrogen and oxygen atoms in total. The molecule has 8 heteroatoms. The van der Waals surface area contributed by atoms with Crippen molar-refractivity contribution in [1.82, 2.24) is 0 Å². The van der Waals surface area contributed by atoms with Crippen LogP contribution in [-0.2, 0) is 9.68 Å². The Bertz CT molecular complexity index is 527. The summed E-state index contributed by atoms with van der Waals surface area (Å²) in [5, 5.41) is 3.49. The molecule has 0 aliphatic heterocycles. The molecule has 0 saturated heterocycles. The second-order valence-corrected chi connectivity index (χ2v) is 3.61. The van der Waals surface area contributed by atoms with Gasteiger partial charge in [-0.25, -0.2) is 0 Å². The van der Waals surface area contributed by atoms with Crippen molar-refractivity contribution in [2.45, 2.75) is 6.23 Å². The molecule has 0 aliphatic carbocycles. The van der Waals surface area contributed by atoms with E-state index in [4.69, 9.17) is 39.0 Å². The fourth-order valence-electron chi connectivity index (χ4n) is 1.35. The van der Waals surface area contributed by atoms with Crippen LogP contribution in [0.2, 0.25) is 0 Å². The van der Waals surface area contributed by atoms with E-state index < -0.39 is 6.23 Å². The van der Waals surface area contributed by atoms with Gasteiger partial charge < -0.3 is 21.1 Å². The number of terminal acetylenes is 1. The van der Waals surface area contributed by atoms with E-state index in [2.05, 4.69) is 11.1 Å². The number of nitrogens with zero attached hydrogens (tertiary/aromatic N) is 2. The van der Waals surface area contributed by atoms with E-state index in [0.29, 0.717) is 5.56 Å². The van der Waals surface area contributed by atoms with Crippen LogP contribution in [0.4, 0.5) is 0 Å². The molecule has 0 heterocycles. The van der Waals surface area contributed by atoms with Crippen molar-refractivity contribution in [3.8, 4) is 12.3 Å². The summed E-state index contributed by atoms with van der Waals surface area (Å²) in [6.07, 6.45) is 4.26. The van der Waals surface area contributed by atoms with Gasteiger partial charge in [-0.05, 0) is 9.89 Å². The van der Waals surface area contributed by atoms with E-state index >= 15 is 0 Å². The molecule has 20 heavy (non-hydrogen) atoms. The van der Waals surface area contributed by atoms with E-state index in [0.717, 1.165) is 4.74 Å². The summed E-state index contributed by atoms with van der Waals surface area (Å²) in [6, 6.07) is 8.97. The van der Waals surface area contributed by atoms with Crippen molar-refractivity contribution < 1.29 is 14.4 Å². The summed E-state index contributed by atoms with van der Waals surface area (Å²) in [4.78, 5) is 10.4. The predicted octanol–water partition coefficient (Wildman–Crippen LogP) is -1.26. The first-order chi connectivity index (χ1) is 9.56. The number of hydroxylamine groups is 1. The Kier molecular flexibility index (Phi) is 5.52. The topological polar surface area (TPSA) is 138 Å². The molecule has 0 radical (unpaired) electrons. The van der Waals surface area contributed by atoms with Crippen LogP contribution in [0.5, 0.6) is 0 Å². The van der Waals surface area contributed by atoms with Crippen LogP contribution in [0.1, 0.15) is 11.8 Å².